The van der Waals surface area contributed by atoms with E-state index in [1.807, 2.05) is 6.07 Å². The third-order valence-electron chi connectivity index (χ3n) is 5.04. The van der Waals surface area contributed by atoms with E-state index >= 15 is 4.39 Å². The van der Waals surface area contributed by atoms with Crippen LogP contribution in [0.25, 0.3) is 0 Å². The highest BCUT2D eigenvalue weighted by Crippen LogP contribution is 2.39. The summed E-state index contributed by atoms with van der Waals surface area (Å²) in [5.74, 6) is -0.229. The van der Waals surface area contributed by atoms with Gasteiger partial charge in [0.25, 0.3) is 0 Å². The number of phenols is 1. The van der Waals surface area contributed by atoms with Crippen LogP contribution < -0.4 is 14.2 Å². The van der Waals surface area contributed by atoms with Gasteiger partial charge in [-0.2, -0.15) is 0 Å². The molecule has 0 spiro atoms. The molecule has 0 radical (unpaired) electrons. The maximum absolute atomic E-state index is 15.8. The number of carbonyl (C=O) groups is 1. The number of esters is 1. The van der Waals surface area contributed by atoms with Gasteiger partial charge in [0.05, 0.1) is 27.9 Å². The molecule has 1 heterocycles. The quantitative estimate of drug-likeness (QED) is 0.733. The van der Waals surface area contributed by atoms with Crippen molar-refractivity contribution in [3.63, 3.8) is 0 Å². The Labute approximate surface area is 162 Å². The molecule has 6 nitrogen and oxygen atoms in total. The van der Waals surface area contributed by atoms with E-state index in [2.05, 4.69) is 0 Å². The number of ether oxygens (including phenoxy) is 4. The molecule has 7 heteroatoms. The molecule has 1 aliphatic rings. The van der Waals surface area contributed by atoms with Gasteiger partial charge in [-0.25, -0.2) is 9.18 Å². The first kappa shape index (κ1) is 19.8. The van der Waals surface area contributed by atoms with Crippen molar-refractivity contribution < 1.29 is 33.2 Å². The van der Waals surface area contributed by atoms with Crippen molar-refractivity contribution in [1.82, 2.24) is 0 Å². The molecule has 0 amide bonds. The van der Waals surface area contributed by atoms with Gasteiger partial charge >= 0.3 is 5.97 Å². The van der Waals surface area contributed by atoms with Crippen molar-refractivity contribution >= 4 is 5.97 Å². The van der Waals surface area contributed by atoms with Crippen LogP contribution in [0.15, 0.2) is 36.4 Å². The van der Waals surface area contributed by atoms with Crippen molar-refractivity contribution in [2.45, 2.75) is 18.5 Å². The molecule has 0 aromatic heterocycles. The first-order chi connectivity index (χ1) is 13.4. The molecular formula is C21H23FO6. The van der Waals surface area contributed by atoms with Crippen LogP contribution >= 0.6 is 0 Å². The van der Waals surface area contributed by atoms with Gasteiger partial charge in [-0.05, 0) is 41.8 Å². The number of halogens is 1. The Kier molecular flexibility index (Phi) is 5.63. The molecule has 0 unspecified atom stereocenters. The van der Waals surface area contributed by atoms with Crippen LogP contribution in [0.2, 0.25) is 0 Å². The summed E-state index contributed by atoms with van der Waals surface area (Å²) >= 11 is 0. The lowest BCUT2D eigenvalue weighted by atomic mass is 9.82. The summed E-state index contributed by atoms with van der Waals surface area (Å²) in [4.78, 5) is 12.2. The summed E-state index contributed by atoms with van der Waals surface area (Å²) in [6.45, 7) is -0.00109. The van der Waals surface area contributed by atoms with Gasteiger partial charge in [-0.15, -0.1) is 0 Å². The highest BCUT2D eigenvalue weighted by molar-refractivity contribution is 5.82. The Morgan fingerprint density at radius 1 is 1.04 bits per heavy atom. The third-order valence-corrected chi connectivity index (χ3v) is 5.04. The Bertz CT molecular complexity index is 868. The van der Waals surface area contributed by atoms with E-state index in [9.17, 15) is 9.90 Å². The minimum atomic E-state index is -2.17. The highest BCUT2D eigenvalue weighted by atomic mass is 19.1. The fourth-order valence-electron chi connectivity index (χ4n) is 3.45. The lowest BCUT2D eigenvalue weighted by molar-refractivity contribution is -0.148. The molecule has 0 saturated carbocycles. The third kappa shape index (κ3) is 3.69. The molecule has 1 aliphatic heterocycles. The average Bonchev–Trinajstić information content (AvgIpc) is 2.97. The number of carbonyl (C=O) groups excluding carboxylic acids is 1. The molecule has 2 aromatic rings. The monoisotopic (exact) mass is 390 g/mol. The van der Waals surface area contributed by atoms with Crippen LogP contribution in [0.3, 0.4) is 0 Å². The van der Waals surface area contributed by atoms with Gasteiger partial charge in [-0.1, -0.05) is 12.1 Å². The molecule has 28 heavy (non-hydrogen) atoms. The number of methoxy groups -OCH3 is 3. The molecule has 0 bridgehead atoms. The fraction of sp³-hybridized carbons (Fsp3) is 0.381. The number of aromatic hydroxyl groups is 1. The second-order valence-electron chi connectivity index (χ2n) is 6.73. The molecule has 1 N–H and O–H groups in total. The van der Waals surface area contributed by atoms with Gasteiger partial charge < -0.3 is 24.1 Å². The highest BCUT2D eigenvalue weighted by Gasteiger charge is 2.53. The van der Waals surface area contributed by atoms with Crippen molar-refractivity contribution in [2.24, 2.45) is 5.92 Å². The number of alkyl halides is 1. The summed E-state index contributed by atoms with van der Waals surface area (Å²) in [6, 6.07) is 9.84. The maximum Gasteiger partial charge on any atom is 0.344 e. The molecule has 150 valence electrons. The standard InChI is InChI=1S/C21H23FO6/c1-25-17-7-5-13(9-19(17)27-3)8-15-12-28-20(24)21(15,22)11-14-4-6-16(23)18(10-14)26-2/h4-7,9-10,15,23H,8,11-12H2,1-3H3/t15-,21-/m0/s1. The van der Waals surface area contributed by atoms with E-state index < -0.39 is 17.6 Å². The zero-order chi connectivity index (χ0) is 20.3. The molecule has 3 rings (SSSR count). The summed E-state index contributed by atoms with van der Waals surface area (Å²) in [5.41, 5.74) is -0.825. The van der Waals surface area contributed by atoms with E-state index in [-0.39, 0.29) is 24.5 Å². The summed E-state index contributed by atoms with van der Waals surface area (Å²) in [6.07, 6.45) is 0.137. The van der Waals surface area contributed by atoms with E-state index in [1.165, 1.54) is 26.4 Å². The summed E-state index contributed by atoms with van der Waals surface area (Å²) in [7, 11) is 4.48. The second kappa shape index (κ2) is 7.96. The maximum atomic E-state index is 15.8. The number of rotatable bonds is 7. The topological polar surface area (TPSA) is 74.2 Å². The lowest BCUT2D eigenvalue weighted by Gasteiger charge is -2.23. The largest absolute Gasteiger partial charge is 0.504 e. The summed E-state index contributed by atoms with van der Waals surface area (Å²) in [5, 5.41) is 9.72. The molecule has 2 aromatic carbocycles. The number of hydrogen-bond donors (Lipinski definition) is 1. The van der Waals surface area contributed by atoms with Crippen molar-refractivity contribution in [3.8, 4) is 23.0 Å². The molecule has 1 saturated heterocycles. The predicted molar refractivity (Wildman–Crippen MR) is 99.9 cm³/mol. The van der Waals surface area contributed by atoms with Gasteiger partial charge in [0.2, 0.25) is 5.67 Å². The number of hydrogen-bond acceptors (Lipinski definition) is 6. The minimum absolute atomic E-state index is 0.00109. The Morgan fingerprint density at radius 2 is 1.68 bits per heavy atom. The normalized spacial score (nSPS) is 21.3. The predicted octanol–water partition coefficient (Wildman–Crippen LogP) is 3.08. The van der Waals surface area contributed by atoms with Crippen molar-refractivity contribution in [2.75, 3.05) is 27.9 Å². The van der Waals surface area contributed by atoms with E-state index in [0.29, 0.717) is 23.5 Å². The first-order valence-electron chi connectivity index (χ1n) is 8.84. The van der Waals surface area contributed by atoms with Crippen LogP contribution in [0.5, 0.6) is 23.0 Å². The number of cyclic esters (lactones) is 1. The number of phenolic OH excluding ortho intramolecular Hbond substituents is 1. The molecule has 0 aliphatic carbocycles. The molecule has 1 fully saturated rings. The smallest absolute Gasteiger partial charge is 0.344 e. The van der Waals surface area contributed by atoms with Gasteiger partial charge in [0.15, 0.2) is 23.0 Å². The van der Waals surface area contributed by atoms with Crippen molar-refractivity contribution in [1.29, 1.82) is 0 Å². The van der Waals surface area contributed by atoms with Crippen LogP contribution in [0, 0.1) is 5.92 Å². The van der Waals surface area contributed by atoms with Crippen LogP contribution in [-0.2, 0) is 22.4 Å². The Balaban J connectivity index is 1.84. The average molecular weight is 390 g/mol. The lowest BCUT2D eigenvalue weighted by Crippen LogP contribution is -2.39. The molecule has 2 atom stereocenters. The van der Waals surface area contributed by atoms with E-state index in [1.54, 1.807) is 25.3 Å². The van der Waals surface area contributed by atoms with Crippen molar-refractivity contribution in [3.05, 3.63) is 47.5 Å². The van der Waals surface area contributed by atoms with Crippen LogP contribution in [-0.4, -0.2) is 44.7 Å². The van der Waals surface area contributed by atoms with E-state index in [0.717, 1.165) is 5.56 Å². The Morgan fingerprint density at radius 3 is 2.36 bits per heavy atom. The zero-order valence-electron chi connectivity index (χ0n) is 16.0. The van der Waals surface area contributed by atoms with E-state index in [4.69, 9.17) is 18.9 Å². The summed E-state index contributed by atoms with van der Waals surface area (Å²) < 4.78 is 36.4. The van der Waals surface area contributed by atoms with Gasteiger partial charge in [-0.3, -0.25) is 0 Å². The van der Waals surface area contributed by atoms with Gasteiger partial charge in [0, 0.05) is 12.3 Å². The van der Waals surface area contributed by atoms with Crippen LogP contribution in [0.4, 0.5) is 4.39 Å². The first-order valence-corrected chi connectivity index (χ1v) is 8.84. The van der Waals surface area contributed by atoms with Crippen LogP contribution in [0.1, 0.15) is 11.1 Å². The van der Waals surface area contributed by atoms with Gasteiger partial charge in [0.1, 0.15) is 0 Å². The molecular weight excluding hydrogens is 367 g/mol. The second-order valence-corrected chi connectivity index (χ2v) is 6.73. The number of benzene rings is 2. The fourth-order valence-corrected chi connectivity index (χ4v) is 3.45. The zero-order valence-corrected chi connectivity index (χ0v) is 16.0. The minimum Gasteiger partial charge on any atom is -0.504 e. The Hall–Kier alpha value is -2.96. The SMILES string of the molecule is COc1cc(C[C@@]2(F)C(=O)OC[C@@H]2Cc2ccc(OC)c(OC)c2)ccc1O.